The second-order valence-electron chi connectivity index (χ2n) is 5.27. The number of nitrogens with zero attached hydrogens (tertiary/aromatic N) is 2. The number of carbonyl (C=O) groups excluding carboxylic acids is 1. The van der Waals surface area contributed by atoms with Crippen molar-refractivity contribution in [2.75, 3.05) is 32.7 Å². The highest BCUT2D eigenvalue weighted by Gasteiger charge is 2.29. The number of alkyl halides is 3. The predicted molar refractivity (Wildman–Crippen MR) is 77.4 cm³/mol. The van der Waals surface area contributed by atoms with Crippen LogP contribution >= 0.6 is 0 Å². The van der Waals surface area contributed by atoms with Gasteiger partial charge in [0, 0.05) is 32.7 Å². The molecule has 0 saturated carbocycles. The first-order valence-electron chi connectivity index (χ1n) is 7.31. The number of rotatable bonds is 3. The van der Waals surface area contributed by atoms with Gasteiger partial charge in [-0.25, -0.2) is 4.79 Å². The van der Waals surface area contributed by atoms with Gasteiger partial charge in [-0.05, 0) is 24.2 Å². The molecule has 1 aliphatic rings. The Balaban J connectivity index is 1.81. The topological polar surface area (TPSA) is 35.6 Å². The van der Waals surface area contributed by atoms with Crippen molar-refractivity contribution in [2.24, 2.45) is 0 Å². The number of piperazine rings is 1. The van der Waals surface area contributed by atoms with Crippen LogP contribution in [0.25, 0.3) is 0 Å². The second kappa shape index (κ2) is 7.00. The molecule has 1 N–H and O–H groups in total. The van der Waals surface area contributed by atoms with Crippen LogP contribution in [-0.2, 0) is 12.7 Å². The fourth-order valence-electron chi connectivity index (χ4n) is 2.37. The van der Waals surface area contributed by atoms with Gasteiger partial charge in [-0.2, -0.15) is 13.2 Å². The average Bonchev–Trinajstić information content (AvgIpc) is 2.52. The van der Waals surface area contributed by atoms with Gasteiger partial charge in [0.2, 0.25) is 0 Å². The molecule has 7 heteroatoms. The van der Waals surface area contributed by atoms with Crippen molar-refractivity contribution >= 4 is 6.03 Å². The predicted octanol–water partition coefficient (Wildman–Crippen LogP) is 2.55. The van der Waals surface area contributed by atoms with E-state index in [1.54, 1.807) is 4.90 Å². The molecule has 0 aromatic heterocycles. The number of benzene rings is 1. The normalized spacial score (nSPS) is 16.6. The Morgan fingerprint density at radius 2 is 1.73 bits per heavy atom. The van der Waals surface area contributed by atoms with E-state index in [0.717, 1.165) is 31.8 Å². The lowest BCUT2D eigenvalue weighted by atomic mass is 10.1. The molecule has 1 aliphatic heterocycles. The Morgan fingerprint density at radius 3 is 2.23 bits per heavy atom. The molecule has 1 heterocycles. The van der Waals surface area contributed by atoms with Crippen LogP contribution in [0, 0.1) is 0 Å². The molecule has 1 aromatic carbocycles. The fourth-order valence-corrected chi connectivity index (χ4v) is 2.37. The molecule has 122 valence electrons. The molecule has 2 amide bonds. The van der Waals surface area contributed by atoms with Crippen molar-refractivity contribution in [3.63, 3.8) is 0 Å². The van der Waals surface area contributed by atoms with Crippen LogP contribution in [0.3, 0.4) is 0 Å². The van der Waals surface area contributed by atoms with Crippen LogP contribution in [0.15, 0.2) is 24.3 Å². The van der Waals surface area contributed by atoms with E-state index in [4.69, 9.17) is 0 Å². The Hall–Kier alpha value is -1.76. The third-order valence-electron chi connectivity index (χ3n) is 3.83. The van der Waals surface area contributed by atoms with Gasteiger partial charge in [-0.1, -0.05) is 19.1 Å². The Labute approximate surface area is 127 Å². The summed E-state index contributed by atoms with van der Waals surface area (Å²) in [6, 6.07) is 4.66. The molecule has 4 nitrogen and oxygen atoms in total. The number of nitrogens with one attached hydrogen (secondary N) is 1. The molecule has 0 bridgehead atoms. The Bertz CT molecular complexity index is 494. The summed E-state index contributed by atoms with van der Waals surface area (Å²) < 4.78 is 37.4. The minimum absolute atomic E-state index is 0.171. The standard InChI is InChI=1S/C15H20F3N3O/c1-2-20-7-9-21(10-8-20)14(22)19-11-12-3-5-13(6-4-12)15(16,17)18/h3-6H,2,7-11H2,1H3,(H,19,22). The van der Waals surface area contributed by atoms with E-state index in [1.807, 2.05) is 0 Å². The summed E-state index contributed by atoms with van der Waals surface area (Å²) in [7, 11) is 0. The van der Waals surface area contributed by atoms with Crippen molar-refractivity contribution in [1.29, 1.82) is 0 Å². The van der Waals surface area contributed by atoms with Crippen LogP contribution in [0.4, 0.5) is 18.0 Å². The van der Waals surface area contributed by atoms with E-state index < -0.39 is 11.7 Å². The van der Waals surface area contributed by atoms with Gasteiger partial charge in [0.25, 0.3) is 0 Å². The molecule has 22 heavy (non-hydrogen) atoms. The van der Waals surface area contributed by atoms with Crippen LogP contribution < -0.4 is 5.32 Å². The van der Waals surface area contributed by atoms with E-state index in [9.17, 15) is 18.0 Å². The lowest BCUT2D eigenvalue weighted by molar-refractivity contribution is -0.137. The first-order chi connectivity index (χ1) is 10.4. The number of amides is 2. The SMILES string of the molecule is CCN1CCN(C(=O)NCc2ccc(C(F)(F)F)cc2)CC1. The number of hydrogen-bond donors (Lipinski definition) is 1. The molecule has 0 atom stereocenters. The zero-order valence-electron chi connectivity index (χ0n) is 12.5. The van der Waals surface area contributed by atoms with Gasteiger partial charge >= 0.3 is 12.2 Å². The maximum atomic E-state index is 12.5. The Morgan fingerprint density at radius 1 is 1.14 bits per heavy atom. The van der Waals surface area contributed by atoms with Crippen LogP contribution in [0.2, 0.25) is 0 Å². The summed E-state index contributed by atoms with van der Waals surface area (Å²) in [4.78, 5) is 16.0. The van der Waals surface area contributed by atoms with Crippen LogP contribution in [-0.4, -0.2) is 48.6 Å². The van der Waals surface area contributed by atoms with Crippen molar-refractivity contribution in [3.8, 4) is 0 Å². The van der Waals surface area contributed by atoms with Gasteiger partial charge in [0.1, 0.15) is 0 Å². The van der Waals surface area contributed by atoms with Crippen LogP contribution in [0.5, 0.6) is 0 Å². The monoisotopic (exact) mass is 315 g/mol. The number of likely N-dealkylation sites (N-methyl/N-ethyl adjacent to an activating group) is 1. The van der Waals surface area contributed by atoms with Crippen molar-refractivity contribution in [1.82, 2.24) is 15.1 Å². The maximum absolute atomic E-state index is 12.5. The van der Waals surface area contributed by atoms with E-state index in [-0.39, 0.29) is 12.6 Å². The summed E-state index contributed by atoms with van der Waals surface area (Å²) in [5.41, 5.74) is -0.0354. The van der Waals surface area contributed by atoms with E-state index in [0.29, 0.717) is 18.7 Å². The highest BCUT2D eigenvalue weighted by Crippen LogP contribution is 2.29. The van der Waals surface area contributed by atoms with Gasteiger partial charge < -0.3 is 15.1 Å². The molecule has 2 rings (SSSR count). The molecule has 0 aliphatic carbocycles. The lowest BCUT2D eigenvalue weighted by Crippen LogP contribution is -2.51. The zero-order valence-corrected chi connectivity index (χ0v) is 12.5. The maximum Gasteiger partial charge on any atom is 0.416 e. The van der Waals surface area contributed by atoms with E-state index >= 15 is 0 Å². The number of hydrogen-bond acceptors (Lipinski definition) is 2. The lowest BCUT2D eigenvalue weighted by Gasteiger charge is -2.34. The Kier molecular flexibility index (Phi) is 5.28. The first-order valence-corrected chi connectivity index (χ1v) is 7.31. The summed E-state index contributed by atoms with van der Waals surface area (Å²) in [6.07, 6.45) is -4.33. The van der Waals surface area contributed by atoms with Gasteiger partial charge in [-0.3, -0.25) is 0 Å². The molecule has 0 unspecified atom stereocenters. The second-order valence-corrected chi connectivity index (χ2v) is 5.27. The largest absolute Gasteiger partial charge is 0.416 e. The zero-order chi connectivity index (χ0) is 16.2. The summed E-state index contributed by atoms with van der Waals surface area (Å²) in [5.74, 6) is 0. The van der Waals surface area contributed by atoms with E-state index in [1.165, 1.54) is 12.1 Å². The van der Waals surface area contributed by atoms with Crippen molar-refractivity contribution in [2.45, 2.75) is 19.6 Å². The summed E-state index contributed by atoms with van der Waals surface area (Å²) >= 11 is 0. The smallest absolute Gasteiger partial charge is 0.334 e. The van der Waals surface area contributed by atoms with Crippen molar-refractivity contribution < 1.29 is 18.0 Å². The molecular weight excluding hydrogens is 295 g/mol. The van der Waals surface area contributed by atoms with Crippen LogP contribution in [0.1, 0.15) is 18.1 Å². The minimum Gasteiger partial charge on any atom is -0.334 e. The average molecular weight is 315 g/mol. The number of carbonyl (C=O) groups is 1. The molecule has 0 radical (unpaired) electrons. The van der Waals surface area contributed by atoms with Gasteiger partial charge in [-0.15, -0.1) is 0 Å². The summed E-state index contributed by atoms with van der Waals surface area (Å²) in [6.45, 7) is 6.33. The molecule has 1 aromatic rings. The van der Waals surface area contributed by atoms with Gasteiger partial charge in [0.05, 0.1) is 5.56 Å². The third kappa shape index (κ3) is 4.37. The molecular formula is C15H20F3N3O. The molecule has 1 saturated heterocycles. The van der Waals surface area contributed by atoms with Crippen molar-refractivity contribution in [3.05, 3.63) is 35.4 Å². The summed E-state index contributed by atoms with van der Waals surface area (Å²) in [5, 5.41) is 2.75. The highest BCUT2D eigenvalue weighted by molar-refractivity contribution is 5.74. The minimum atomic E-state index is -4.33. The quantitative estimate of drug-likeness (QED) is 0.930. The molecule has 0 spiro atoms. The highest BCUT2D eigenvalue weighted by atomic mass is 19.4. The van der Waals surface area contributed by atoms with E-state index in [2.05, 4.69) is 17.1 Å². The first kappa shape index (κ1) is 16.6. The number of halogens is 3. The fraction of sp³-hybridized carbons (Fsp3) is 0.533. The third-order valence-corrected chi connectivity index (χ3v) is 3.83. The molecule has 1 fully saturated rings. The number of urea groups is 1. The van der Waals surface area contributed by atoms with Gasteiger partial charge in [0.15, 0.2) is 0 Å².